The molecule has 0 aliphatic heterocycles. The molecule has 1 N–H and O–H groups in total. The van der Waals surface area contributed by atoms with Gasteiger partial charge in [-0.2, -0.15) is 5.10 Å². The molecule has 0 spiro atoms. The highest BCUT2D eigenvalue weighted by Gasteiger charge is 2.17. The Bertz CT molecular complexity index is 606. The van der Waals surface area contributed by atoms with Gasteiger partial charge in [-0.05, 0) is 20.0 Å². The van der Waals surface area contributed by atoms with Gasteiger partial charge in [0.15, 0.2) is 0 Å². The van der Waals surface area contributed by atoms with E-state index in [9.17, 15) is 0 Å². The second-order valence-electron chi connectivity index (χ2n) is 5.21. The van der Waals surface area contributed by atoms with Gasteiger partial charge in [-0.25, -0.2) is 0 Å². The van der Waals surface area contributed by atoms with Crippen molar-refractivity contribution < 1.29 is 4.74 Å². The van der Waals surface area contributed by atoms with Gasteiger partial charge >= 0.3 is 0 Å². The highest BCUT2D eigenvalue weighted by molar-refractivity contribution is 5.51. The second kappa shape index (κ2) is 6.63. The van der Waals surface area contributed by atoms with E-state index in [1.807, 2.05) is 43.9 Å². The summed E-state index contributed by atoms with van der Waals surface area (Å²) >= 11 is 0. The van der Waals surface area contributed by atoms with Crippen molar-refractivity contribution in [3.05, 3.63) is 41.1 Å². The SMILES string of the molecule is CNCc1c(C)nn(C)c1N(C)Cc1ccccc1OC. The molecule has 0 aliphatic carbocycles. The third-order valence-electron chi connectivity index (χ3n) is 3.63. The van der Waals surface area contributed by atoms with Crippen LogP contribution in [0.2, 0.25) is 0 Å². The molecule has 0 bridgehead atoms. The lowest BCUT2D eigenvalue weighted by molar-refractivity contribution is 0.409. The molecule has 5 nitrogen and oxygen atoms in total. The molecule has 0 fully saturated rings. The lowest BCUT2D eigenvalue weighted by Gasteiger charge is -2.22. The van der Waals surface area contributed by atoms with E-state index in [-0.39, 0.29) is 0 Å². The van der Waals surface area contributed by atoms with Crippen LogP contribution in [0.1, 0.15) is 16.8 Å². The van der Waals surface area contributed by atoms with Crippen molar-refractivity contribution in [3.8, 4) is 5.75 Å². The highest BCUT2D eigenvalue weighted by atomic mass is 16.5. The van der Waals surface area contributed by atoms with Crippen molar-refractivity contribution in [2.45, 2.75) is 20.0 Å². The smallest absolute Gasteiger partial charge is 0.131 e. The predicted octanol–water partition coefficient (Wildman–Crippen LogP) is 2.09. The van der Waals surface area contributed by atoms with Crippen molar-refractivity contribution in [1.29, 1.82) is 0 Å². The van der Waals surface area contributed by atoms with E-state index in [2.05, 4.69) is 28.4 Å². The maximum atomic E-state index is 5.43. The number of hydrogen-bond donors (Lipinski definition) is 1. The van der Waals surface area contributed by atoms with Crippen molar-refractivity contribution in [3.63, 3.8) is 0 Å². The Labute approximate surface area is 126 Å². The third kappa shape index (κ3) is 3.19. The molecule has 0 aliphatic rings. The molecule has 114 valence electrons. The number of ether oxygens (including phenoxy) is 1. The number of benzene rings is 1. The molecule has 1 aromatic heterocycles. The van der Waals surface area contributed by atoms with E-state index < -0.39 is 0 Å². The molecule has 1 aromatic carbocycles. The molecule has 21 heavy (non-hydrogen) atoms. The summed E-state index contributed by atoms with van der Waals surface area (Å²) in [6.07, 6.45) is 0. The molecule has 0 radical (unpaired) electrons. The van der Waals surface area contributed by atoms with Crippen LogP contribution in [-0.4, -0.2) is 31.0 Å². The average molecular weight is 288 g/mol. The van der Waals surface area contributed by atoms with Crippen LogP contribution in [0.4, 0.5) is 5.82 Å². The van der Waals surface area contributed by atoms with Gasteiger partial charge in [0.2, 0.25) is 0 Å². The Kier molecular flexibility index (Phi) is 4.85. The third-order valence-corrected chi connectivity index (χ3v) is 3.63. The molecule has 2 rings (SSSR count). The molecular formula is C16H24N4O. The maximum Gasteiger partial charge on any atom is 0.131 e. The van der Waals surface area contributed by atoms with E-state index in [1.165, 1.54) is 5.56 Å². The zero-order chi connectivity index (χ0) is 15.4. The normalized spacial score (nSPS) is 10.7. The molecule has 5 heteroatoms. The summed E-state index contributed by atoms with van der Waals surface area (Å²) in [6, 6.07) is 8.11. The van der Waals surface area contributed by atoms with Crippen LogP contribution in [0.15, 0.2) is 24.3 Å². The lowest BCUT2D eigenvalue weighted by Crippen LogP contribution is -2.22. The number of nitrogens with one attached hydrogen (secondary N) is 1. The van der Waals surface area contributed by atoms with Crippen LogP contribution in [0.3, 0.4) is 0 Å². The summed E-state index contributed by atoms with van der Waals surface area (Å²) in [6.45, 7) is 3.64. The summed E-state index contributed by atoms with van der Waals surface area (Å²) in [5.74, 6) is 2.05. The van der Waals surface area contributed by atoms with E-state index in [0.717, 1.165) is 35.9 Å². The minimum absolute atomic E-state index is 0.777. The molecule has 0 atom stereocenters. The van der Waals surface area contributed by atoms with E-state index >= 15 is 0 Å². The predicted molar refractivity (Wildman–Crippen MR) is 85.8 cm³/mol. The first-order valence-electron chi connectivity index (χ1n) is 7.08. The van der Waals surface area contributed by atoms with Crippen LogP contribution >= 0.6 is 0 Å². The van der Waals surface area contributed by atoms with Crippen molar-refractivity contribution >= 4 is 5.82 Å². The Balaban J connectivity index is 2.30. The molecule has 0 amide bonds. The van der Waals surface area contributed by atoms with Gasteiger partial charge in [-0.15, -0.1) is 0 Å². The van der Waals surface area contributed by atoms with Gasteiger partial charge in [0.05, 0.1) is 12.8 Å². The van der Waals surface area contributed by atoms with Crippen molar-refractivity contribution in [2.24, 2.45) is 7.05 Å². The van der Waals surface area contributed by atoms with Gasteiger partial charge < -0.3 is 15.0 Å². The second-order valence-corrected chi connectivity index (χ2v) is 5.21. The Morgan fingerprint density at radius 2 is 2.05 bits per heavy atom. The van der Waals surface area contributed by atoms with Crippen LogP contribution in [0.25, 0.3) is 0 Å². The summed E-state index contributed by atoms with van der Waals surface area (Å²) in [4.78, 5) is 2.21. The fraction of sp³-hybridized carbons (Fsp3) is 0.438. The summed E-state index contributed by atoms with van der Waals surface area (Å²) in [5.41, 5.74) is 3.46. The van der Waals surface area contributed by atoms with Crippen molar-refractivity contribution in [1.82, 2.24) is 15.1 Å². The number of methoxy groups -OCH3 is 1. The molecule has 2 aromatic rings. The van der Waals surface area contributed by atoms with E-state index in [4.69, 9.17) is 4.74 Å². The highest BCUT2D eigenvalue weighted by Crippen LogP contribution is 2.26. The topological polar surface area (TPSA) is 42.3 Å². The summed E-state index contributed by atoms with van der Waals surface area (Å²) in [7, 11) is 7.73. The van der Waals surface area contributed by atoms with Crippen LogP contribution in [-0.2, 0) is 20.1 Å². The van der Waals surface area contributed by atoms with Gasteiger partial charge in [0.25, 0.3) is 0 Å². The standard InChI is InChI=1S/C16H24N4O/c1-12-14(10-17-2)16(20(4)18-12)19(3)11-13-8-6-7-9-15(13)21-5/h6-9,17H,10-11H2,1-5H3. The molecule has 0 saturated carbocycles. The quantitative estimate of drug-likeness (QED) is 0.884. The lowest BCUT2D eigenvalue weighted by atomic mass is 10.1. The number of aryl methyl sites for hydroxylation is 2. The fourth-order valence-electron chi connectivity index (χ4n) is 2.72. The van der Waals surface area contributed by atoms with Crippen LogP contribution in [0.5, 0.6) is 5.75 Å². The monoisotopic (exact) mass is 288 g/mol. The first kappa shape index (κ1) is 15.4. The number of nitrogens with zero attached hydrogens (tertiary/aromatic N) is 3. The fourth-order valence-corrected chi connectivity index (χ4v) is 2.72. The van der Waals surface area contributed by atoms with Crippen LogP contribution in [0, 0.1) is 6.92 Å². The zero-order valence-electron chi connectivity index (χ0n) is 13.5. The summed E-state index contributed by atoms with van der Waals surface area (Å²) in [5, 5.41) is 7.75. The number of para-hydroxylation sites is 1. The molecule has 0 unspecified atom stereocenters. The Morgan fingerprint density at radius 1 is 1.33 bits per heavy atom. The number of aromatic nitrogens is 2. The minimum Gasteiger partial charge on any atom is -0.496 e. The van der Waals surface area contributed by atoms with Crippen LogP contribution < -0.4 is 15.0 Å². The molecule has 1 heterocycles. The number of rotatable bonds is 6. The van der Waals surface area contributed by atoms with Crippen molar-refractivity contribution in [2.75, 3.05) is 26.1 Å². The Hall–Kier alpha value is -2.01. The number of hydrogen-bond acceptors (Lipinski definition) is 4. The minimum atomic E-state index is 0.777. The van der Waals surface area contributed by atoms with E-state index in [0.29, 0.717) is 0 Å². The first-order chi connectivity index (χ1) is 10.1. The van der Waals surface area contributed by atoms with Gasteiger partial charge in [0.1, 0.15) is 11.6 Å². The average Bonchev–Trinajstić information content (AvgIpc) is 2.74. The summed E-state index contributed by atoms with van der Waals surface area (Å²) < 4.78 is 7.38. The molecular weight excluding hydrogens is 264 g/mol. The maximum absolute atomic E-state index is 5.43. The van der Waals surface area contributed by atoms with Gasteiger partial charge in [0, 0.05) is 38.3 Å². The Morgan fingerprint density at radius 3 is 2.71 bits per heavy atom. The van der Waals surface area contributed by atoms with E-state index in [1.54, 1.807) is 7.11 Å². The largest absolute Gasteiger partial charge is 0.496 e. The van der Waals surface area contributed by atoms with Gasteiger partial charge in [-0.3, -0.25) is 4.68 Å². The van der Waals surface area contributed by atoms with Gasteiger partial charge in [-0.1, -0.05) is 18.2 Å². The number of anilines is 1. The molecule has 0 saturated heterocycles. The zero-order valence-corrected chi connectivity index (χ0v) is 13.5. The first-order valence-corrected chi connectivity index (χ1v) is 7.08.